The molecule has 0 aliphatic rings. The number of pyridine rings is 1. The number of anilines is 2. The summed E-state index contributed by atoms with van der Waals surface area (Å²) in [6, 6.07) is 9.34. The highest BCUT2D eigenvalue weighted by molar-refractivity contribution is 7.92. The molecule has 0 aliphatic carbocycles. The third kappa shape index (κ3) is 3.84. The summed E-state index contributed by atoms with van der Waals surface area (Å²) in [5, 5.41) is 11.4. The lowest BCUT2D eigenvalue weighted by molar-refractivity contribution is -0.114. The predicted molar refractivity (Wildman–Crippen MR) is 85.2 cm³/mol. The fraction of sp³-hybridized carbons (Fsp3) is 0.133. The van der Waals surface area contributed by atoms with Crippen molar-refractivity contribution in [1.82, 2.24) is 4.98 Å². The van der Waals surface area contributed by atoms with Crippen LogP contribution in [0.5, 0.6) is 0 Å². The van der Waals surface area contributed by atoms with Gasteiger partial charge >= 0.3 is 0 Å². The van der Waals surface area contributed by atoms with Gasteiger partial charge in [0.2, 0.25) is 5.91 Å². The Morgan fingerprint density at radius 3 is 2.70 bits per heavy atom. The molecular formula is C15H14N4O3S. The third-order valence-electron chi connectivity index (χ3n) is 2.95. The highest BCUT2D eigenvalue weighted by Gasteiger charge is 2.19. The monoisotopic (exact) mass is 330 g/mol. The van der Waals surface area contributed by atoms with E-state index in [0.29, 0.717) is 5.56 Å². The molecule has 1 heterocycles. The fourth-order valence-electron chi connectivity index (χ4n) is 1.91. The molecule has 0 fully saturated rings. The first-order valence-corrected chi connectivity index (χ1v) is 8.08. The fourth-order valence-corrected chi connectivity index (χ4v) is 3.25. The molecule has 2 aromatic rings. The molecular weight excluding hydrogens is 316 g/mol. The molecule has 0 unspecified atom stereocenters. The molecule has 0 spiro atoms. The van der Waals surface area contributed by atoms with E-state index in [1.165, 1.54) is 25.3 Å². The summed E-state index contributed by atoms with van der Waals surface area (Å²) in [5.74, 6) is -0.260. The Bertz CT molecular complexity index is 901. The number of hydrogen-bond donors (Lipinski definition) is 2. The molecule has 23 heavy (non-hydrogen) atoms. The first-order chi connectivity index (χ1) is 10.8. The average Bonchev–Trinajstić information content (AvgIpc) is 2.49. The predicted octanol–water partition coefficient (Wildman–Crippen LogP) is 2.02. The Morgan fingerprint density at radius 1 is 1.30 bits per heavy atom. The van der Waals surface area contributed by atoms with Crippen LogP contribution in [0.2, 0.25) is 0 Å². The van der Waals surface area contributed by atoms with Crippen molar-refractivity contribution in [3.8, 4) is 6.07 Å². The maximum Gasteiger partial charge on any atom is 0.262 e. The number of rotatable bonds is 4. The average molecular weight is 330 g/mol. The van der Waals surface area contributed by atoms with Crippen LogP contribution >= 0.6 is 0 Å². The Labute approximate surface area is 134 Å². The lowest BCUT2D eigenvalue weighted by Crippen LogP contribution is -2.17. The van der Waals surface area contributed by atoms with Crippen LogP contribution in [0.15, 0.2) is 41.4 Å². The Balaban J connectivity index is 2.44. The maximum atomic E-state index is 12.6. The number of aromatic nitrogens is 1. The van der Waals surface area contributed by atoms with E-state index in [4.69, 9.17) is 5.26 Å². The summed E-state index contributed by atoms with van der Waals surface area (Å²) >= 11 is 0. The number of benzene rings is 1. The van der Waals surface area contributed by atoms with Gasteiger partial charge in [0.25, 0.3) is 10.0 Å². The van der Waals surface area contributed by atoms with Gasteiger partial charge in [-0.15, -0.1) is 0 Å². The molecule has 0 aliphatic heterocycles. The van der Waals surface area contributed by atoms with E-state index in [1.54, 1.807) is 25.1 Å². The van der Waals surface area contributed by atoms with Gasteiger partial charge in [0.05, 0.1) is 22.2 Å². The van der Waals surface area contributed by atoms with Crippen molar-refractivity contribution >= 4 is 27.4 Å². The highest BCUT2D eigenvalue weighted by Crippen LogP contribution is 2.24. The highest BCUT2D eigenvalue weighted by atomic mass is 32.2. The number of carbonyl (C=O) groups excluding carboxylic acids is 1. The quantitative estimate of drug-likeness (QED) is 0.890. The SMILES string of the molecule is CC(=O)Nc1ncccc1NS(=O)(=O)c1cc(C#N)ccc1C. The van der Waals surface area contributed by atoms with E-state index in [-0.39, 0.29) is 27.9 Å². The van der Waals surface area contributed by atoms with Gasteiger partial charge in [-0.3, -0.25) is 9.52 Å². The number of nitriles is 1. The van der Waals surface area contributed by atoms with Crippen LogP contribution in [-0.2, 0) is 14.8 Å². The molecule has 2 rings (SSSR count). The molecule has 0 saturated heterocycles. The van der Waals surface area contributed by atoms with Crippen LogP contribution in [-0.4, -0.2) is 19.3 Å². The Kier molecular flexibility index (Phi) is 4.62. The first kappa shape index (κ1) is 16.5. The number of amides is 1. The Morgan fingerprint density at radius 2 is 2.04 bits per heavy atom. The third-order valence-corrected chi connectivity index (χ3v) is 4.46. The second-order valence-electron chi connectivity index (χ2n) is 4.78. The van der Waals surface area contributed by atoms with Crippen molar-refractivity contribution < 1.29 is 13.2 Å². The lowest BCUT2D eigenvalue weighted by atomic mass is 10.2. The Hall–Kier alpha value is -2.92. The molecule has 1 aromatic heterocycles. The van der Waals surface area contributed by atoms with Gasteiger partial charge in [-0.25, -0.2) is 13.4 Å². The smallest absolute Gasteiger partial charge is 0.262 e. The van der Waals surface area contributed by atoms with E-state index in [0.717, 1.165) is 0 Å². The molecule has 118 valence electrons. The van der Waals surface area contributed by atoms with Crippen LogP contribution in [0.3, 0.4) is 0 Å². The van der Waals surface area contributed by atoms with Gasteiger partial charge in [0.1, 0.15) is 0 Å². The summed E-state index contributed by atoms with van der Waals surface area (Å²) in [7, 11) is -3.93. The van der Waals surface area contributed by atoms with Crippen molar-refractivity contribution in [2.75, 3.05) is 10.0 Å². The number of aryl methyl sites for hydroxylation is 1. The summed E-state index contributed by atoms with van der Waals surface area (Å²) in [6.07, 6.45) is 1.44. The van der Waals surface area contributed by atoms with Crippen LogP contribution in [0.4, 0.5) is 11.5 Å². The normalized spacial score (nSPS) is 10.7. The van der Waals surface area contributed by atoms with Crippen molar-refractivity contribution in [2.45, 2.75) is 18.7 Å². The van der Waals surface area contributed by atoms with E-state index >= 15 is 0 Å². The van der Waals surface area contributed by atoms with Gasteiger partial charge < -0.3 is 5.32 Å². The lowest BCUT2D eigenvalue weighted by Gasteiger charge is -2.13. The van der Waals surface area contributed by atoms with E-state index in [1.807, 2.05) is 6.07 Å². The second kappa shape index (κ2) is 6.46. The van der Waals surface area contributed by atoms with Crippen molar-refractivity contribution in [1.29, 1.82) is 5.26 Å². The molecule has 7 nitrogen and oxygen atoms in total. The van der Waals surface area contributed by atoms with Gasteiger partial charge in [-0.2, -0.15) is 5.26 Å². The summed E-state index contributed by atoms with van der Waals surface area (Å²) in [4.78, 5) is 15.1. The number of carbonyl (C=O) groups is 1. The molecule has 1 aromatic carbocycles. The molecule has 8 heteroatoms. The van der Waals surface area contributed by atoms with Gasteiger partial charge in [-0.05, 0) is 36.8 Å². The minimum Gasteiger partial charge on any atom is -0.309 e. The minimum absolute atomic E-state index is 0.00539. The van der Waals surface area contributed by atoms with E-state index in [9.17, 15) is 13.2 Å². The molecule has 0 bridgehead atoms. The molecule has 0 saturated carbocycles. The minimum atomic E-state index is -3.93. The summed E-state index contributed by atoms with van der Waals surface area (Å²) < 4.78 is 27.5. The van der Waals surface area contributed by atoms with Crippen molar-refractivity contribution in [3.63, 3.8) is 0 Å². The largest absolute Gasteiger partial charge is 0.309 e. The number of sulfonamides is 1. The topological polar surface area (TPSA) is 112 Å². The molecule has 2 N–H and O–H groups in total. The zero-order valence-corrected chi connectivity index (χ0v) is 13.3. The summed E-state index contributed by atoms with van der Waals surface area (Å²) in [6.45, 7) is 2.93. The van der Waals surface area contributed by atoms with Crippen molar-refractivity contribution in [2.24, 2.45) is 0 Å². The van der Waals surface area contributed by atoms with Crippen LogP contribution in [0, 0.1) is 18.3 Å². The number of nitrogens with zero attached hydrogens (tertiary/aromatic N) is 2. The maximum absolute atomic E-state index is 12.6. The van der Waals surface area contributed by atoms with E-state index in [2.05, 4.69) is 15.0 Å². The first-order valence-electron chi connectivity index (χ1n) is 6.59. The number of nitrogens with one attached hydrogen (secondary N) is 2. The molecule has 1 amide bonds. The zero-order valence-electron chi connectivity index (χ0n) is 12.5. The molecule has 0 atom stereocenters. The standard InChI is InChI=1S/C15H14N4O3S/c1-10-5-6-12(9-16)8-14(10)23(21,22)19-13-4-3-7-17-15(13)18-11(2)20/h3-8,19H,1-2H3,(H,17,18,20). The van der Waals surface area contributed by atoms with Gasteiger partial charge in [0, 0.05) is 13.1 Å². The number of hydrogen-bond acceptors (Lipinski definition) is 5. The van der Waals surface area contributed by atoms with Crippen LogP contribution in [0.25, 0.3) is 0 Å². The van der Waals surface area contributed by atoms with Gasteiger partial charge in [-0.1, -0.05) is 6.07 Å². The van der Waals surface area contributed by atoms with Gasteiger partial charge in [0.15, 0.2) is 5.82 Å². The zero-order chi connectivity index (χ0) is 17.0. The van der Waals surface area contributed by atoms with Crippen LogP contribution < -0.4 is 10.0 Å². The van der Waals surface area contributed by atoms with Crippen molar-refractivity contribution in [3.05, 3.63) is 47.7 Å². The second-order valence-corrected chi connectivity index (χ2v) is 6.43. The molecule has 0 radical (unpaired) electrons. The summed E-state index contributed by atoms with van der Waals surface area (Å²) in [5.41, 5.74) is 0.884. The van der Waals surface area contributed by atoms with Crippen LogP contribution in [0.1, 0.15) is 18.1 Å². The van der Waals surface area contributed by atoms with E-state index < -0.39 is 10.0 Å².